The van der Waals surface area contributed by atoms with Crippen molar-refractivity contribution in [3.63, 3.8) is 0 Å². The predicted octanol–water partition coefficient (Wildman–Crippen LogP) is 4.06. The maximum atomic E-state index is 12.6. The van der Waals surface area contributed by atoms with Crippen LogP contribution in [0.5, 0.6) is 0 Å². The number of nitrogen functional groups attached to an aromatic ring is 1. The summed E-state index contributed by atoms with van der Waals surface area (Å²) >= 11 is 0. The summed E-state index contributed by atoms with van der Waals surface area (Å²) in [4.78, 5) is 2.63. The maximum Gasteiger partial charge on any atom is 0.482 e. The summed E-state index contributed by atoms with van der Waals surface area (Å²) in [6.45, 7) is -0.273. The molecule has 0 aromatic heterocycles. The normalized spacial score (nSPS) is 11.2. The molecule has 1 rings (SSSR count). The van der Waals surface area contributed by atoms with Gasteiger partial charge in [-0.2, -0.15) is 0 Å². The third-order valence-corrected chi connectivity index (χ3v) is 3.00. The topological polar surface area (TPSA) is 74.8 Å². The number of hydrogen-bond acceptors (Lipinski definition) is 2. The van der Waals surface area contributed by atoms with Gasteiger partial charge < -0.3 is 18.7 Å². The molecule has 0 atom stereocenters. The van der Waals surface area contributed by atoms with Crippen LogP contribution in [0.25, 0.3) is 10.4 Å². The van der Waals surface area contributed by atoms with E-state index >= 15 is 0 Å². The van der Waals surface area contributed by atoms with Gasteiger partial charge >= 0.3 is 6.98 Å². The molecule has 1 aromatic carbocycles. The van der Waals surface area contributed by atoms with E-state index in [1.54, 1.807) is 13.8 Å². The van der Waals surface area contributed by atoms with Crippen molar-refractivity contribution in [2.24, 2.45) is 5.11 Å². The molecule has 0 amide bonds. The minimum absolute atomic E-state index is 0.105. The van der Waals surface area contributed by atoms with E-state index in [1.807, 2.05) is 0 Å². The van der Waals surface area contributed by atoms with Crippen molar-refractivity contribution in [3.8, 4) is 0 Å². The number of anilines is 1. The summed E-state index contributed by atoms with van der Waals surface area (Å²) in [7, 11) is 0. The van der Waals surface area contributed by atoms with Gasteiger partial charge in [0.15, 0.2) is 0 Å². The van der Waals surface area contributed by atoms with Crippen LogP contribution in [0.2, 0.25) is 0 Å². The number of nitrogens with two attached hydrogens (primary N) is 1. The van der Waals surface area contributed by atoms with Crippen LogP contribution in [0.15, 0.2) is 5.11 Å². The molecule has 1 aromatic rings. The Labute approximate surface area is 103 Å². The van der Waals surface area contributed by atoms with Crippen molar-refractivity contribution < 1.29 is 12.9 Å². The lowest BCUT2D eigenvalue weighted by Gasteiger charge is -2.22. The average Bonchev–Trinajstić information content (AvgIpc) is 2.26. The molecule has 0 fully saturated rings. The first-order valence-corrected chi connectivity index (χ1v) is 5.33. The van der Waals surface area contributed by atoms with E-state index in [0.29, 0.717) is 16.7 Å². The number of hydrogen-bond donors (Lipinski definition) is 1. The monoisotopic (exact) mass is 257 g/mol. The molecule has 0 spiro atoms. The summed E-state index contributed by atoms with van der Waals surface area (Å²) in [6.07, 6.45) is -1.02. The Morgan fingerprint density at radius 1 is 1.17 bits per heavy atom. The van der Waals surface area contributed by atoms with Crippen molar-refractivity contribution in [1.29, 1.82) is 0 Å². The summed E-state index contributed by atoms with van der Waals surface area (Å²) in [5.41, 5.74) is 16.0. The standard InChI is InChI=1S/C10H13BF3N4/c1-5-8(4-11(12,13)14)6(2)10(17-18-16)7(3)9(5)15/h4,15H2,1-3H3/q-1. The van der Waals surface area contributed by atoms with E-state index in [2.05, 4.69) is 10.0 Å². The predicted molar refractivity (Wildman–Crippen MR) is 66.7 cm³/mol. The van der Waals surface area contributed by atoms with Gasteiger partial charge in [-0.15, -0.1) is 0 Å². The quantitative estimate of drug-likeness (QED) is 0.286. The summed E-state index contributed by atoms with van der Waals surface area (Å²) < 4.78 is 37.7. The van der Waals surface area contributed by atoms with E-state index < -0.39 is 13.3 Å². The Balaban J connectivity index is 3.57. The fourth-order valence-corrected chi connectivity index (χ4v) is 2.01. The number of azide groups is 1. The van der Waals surface area contributed by atoms with E-state index in [-0.39, 0.29) is 16.9 Å². The summed E-state index contributed by atoms with van der Waals surface area (Å²) in [5, 5.41) is 3.44. The molecule has 0 aliphatic carbocycles. The van der Waals surface area contributed by atoms with E-state index in [4.69, 9.17) is 11.3 Å². The molecule has 8 heteroatoms. The van der Waals surface area contributed by atoms with Crippen LogP contribution in [-0.4, -0.2) is 6.98 Å². The lowest BCUT2D eigenvalue weighted by molar-refractivity contribution is 0.468. The Bertz CT molecular complexity index is 533. The Kier molecular flexibility index (Phi) is 3.81. The van der Waals surface area contributed by atoms with Crippen LogP contribution in [0.3, 0.4) is 0 Å². The minimum atomic E-state index is -4.96. The lowest BCUT2D eigenvalue weighted by atomic mass is 9.77. The number of halogens is 3. The molecule has 98 valence electrons. The molecule has 0 aliphatic rings. The molecule has 4 nitrogen and oxygen atoms in total. The molecular weight excluding hydrogens is 244 g/mol. The van der Waals surface area contributed by atoms with Crippen molar-refractivity contribution in [3.05, 3.63) is 32.7 Å². The fourth-order valence-electron chi connectivity index (χ4n) is 2.01. The van der Waals surface area contributed by atoms with Gasteiger partial charge in [0, 0.05) is 16.3 Å². The average molecular weight is 257 g/mol. The van der Waals surface area contributed by atoms with E-state index in [0.717, 1.165) is 0 Å². The lowest BCUT2D eigenvalue weighted by Crippen LogP contribution is -2.21. The molecule has 0 saturated carbocycles. The van der Waals surface area contributed by atoms with Crippen molar-refractivity contribution in [2.75, 3.05) is 5.73 Å². The smallest absolute Gasteiger partial charge is 0.449 e. The largest absolute Gasteiger partial charge is 0.482 e. The van der Waals surface area contributed by atoms with Crippen LogP contribution in [0, 0.1) is 20.8 Å². The van der Waals surface area contributed by atoms with Gasteiger partial charge in [-0.1, -0.05) is 17.0 Å². The van der Waals surface area contributed by atoms with Crippen LogP contribution >= 0.6 is 0 Å². The van der Waals surface area contributed by atoms with Crippen molar-refractivity contribution in [2.45, 2.75) is 27.1 Å². The molecule has 18 heavy (non-hydrogen) atoms. The maximum absolute atomic E-state index is 12.6. The molecular formula is C10H13BF3N4-. The molecule has 0 heterocycles. The van der Waals surface area contributed by atoms with Gasteiger partial charge in [0.2, 0.25) is 0 Å². The highest BCUT2D eigenvalue weighted by Gasteiger charge is 2.26. The zero-order valence-corrected chi connectivity index (χ0v) is 10.3. The Morgan fingerprint density at radius 3 is 2.17 bits per heavy atom. The van der Waals surface area contributed by atoms with Gasteiger partial charge in [-0.05, 0) is 43.0 Å². The van der Waals surface area contributed by atoms with Gasteiger partial charge in [-0.25, -0.2) is 0 Å². The second-order valence-corrected chi connectivity index (χ2v) is 4.22. The summed E-state index contributed by atoms with van der Waals surface area (Å²) in [5.74, 6) is 0. The Hall–Kier alpha value is -1.82. The molecule has 0 saturated heterocycles. The fraction of sp³-hybridized carbons (Fsp3) is 0.400. The van der Waals surface area contributed by atoms with E-state index in [9.17, 15) is 12.9 Å². The Morgan fingerprint density at radius 2 is 1.72 bits per heavy atom. The minimum Gasteiger partial charge on any atom is -0.449 e. The van der Waals surface area contributed by atoms with Crippen LogP contribution in [0.1, 0.15) is 22.3 Å². The third-order valence-electron chi connectivity index (χ3n) is 3.00. The van der Waals surface area contributed by atoms with E-state index in [1.165, 1.54) is 6.92 Å². The first-order valence-electron chi connectivity index (χ1n) is 5.33. The highest BCUT2D eigenvalue weighted by Crippen LogP contribution is 2.36. The SMILES string of the molecule is Cc1c(N)c(C)c(N=[N+]=[N-])c(C)c1C[B-](F)(F)F. The second kappa shape index (κ2) is 4.82. The zero-order valence-electron chi connectivity index (χ0n) is 10.3. The summed E-state index contributed by atoms with van der Waals surface area (Å²) in [6, 6.07) is 0. The van der Waals surface area contributed by atoms with Gasteiger partial charge in [0.1, 0.15) is 0 Å². The molecule has 0 aliphatic heterocycles. The van der Waals surface area contributed by atoms with Crippen LogP contribution in [0.4, 0.5) is 24.3 Å². The highest BCUT2D eigenvalue weighted by molar-refractivity contribution is 6.58. The van der Waals surface area contributed by atoms with Crippen LogP contribution < -0.4 is 5.73 Å². The van der Waals surface area contributed by atoms with Gasteiger partial charge in [-0.3, -0.25) is 0 Å². The molecule has 0 bridgehead atoms. The first kappa shape index (κ1) is 14.2. The zero-order chi connectivity index (χ0) is 14.1. The number of rotatable bonds is 3. The molecule has 2 N–H and O–H groups in total. The van der Waals surface area contributed by atoms with Gasteiger partial charge in [0.25, 0.3) is 0 Å². The van der Waals surface area contributed by atoms with Gasteiger partial charge in [0.05, 0.1) is 0 Å². The first-order chi connectivity index (χ1) is 8.19. The molecule has 0 radical (unpaired) electrons. The van der Waals surface area contributed by atoms with Crippen molar-refractivity contribution in [1.82, 2.24) is 0 Å². The van der Waals surface area contributed by atoms with Crippen molar-refractivity contribution >= 4 is 18.4 Å². The number of benzene rings is 1. The highest BCUT2D eigenvalue weighted by atomic mass is 19.4. The third kappa shape index (κ3) is 2.71. The second-order valence-electron chi connectivity index (χ2n) is 4.22. The molecule has 0 unspecified atom stereocenters. The number of nitrogens with zero attached hydrogens (tertiary/aromatic N) is 3. The van der Waals surface area contributed by atoms with Crippen LogP contribution in [-0.2, 0) is 6.32 Å².